The number of morpholine rings is 1. The van der Waals surface area contributed by atoms with Crippen molar-refractivity contribution < 1.29 is 13.2 Å². The Labute approximate surface area is 118 Å². The Morgan fingerprint density at radius 1 is 1.32 bits per heavy atom. The lowest BCUT2D eigenvalue weighted by molar-refractivity contribution is 0.0691. The normalized spacial score (nSPS) is 26.3. The summed E-state index contributed by atoms with van der Waals surface area (Å²) >= 11 is 1.72. The molecule has 0 saturated carbocycles. The SMILES string of the molecule is C[C@H]1c2ccsc2CCN1S(=O)(=O)N1CCOCC1. The summed E-state index contributed by atoms with van der Waals surface area (Å²) in [5.41, 5.74) is 1.16. The number of thiophene rings is 1. The van der Waals surface area contributed by atoms with E-state index in [0.29, 0.717) is 32.8 Å². The Morgan fingerprint density at radius 2 is 2.05 bits per heavy atom. The molecular formula is C12H18N2O3S2. The largest absolute Gasteiger partial charge is 0.379 e. The molecule has 0 spiro atoms. The van der Waals surface area contributed by atoms with Gasteiger partial charge in [0.05, 0.1) is 13.2 Å². The van der Waals surface area contributed by atoms with E-state index in [1.165, 1.54) is 4.88 Å². The van der Waals surface area contributed by atoms with E-state index in [2.05, 4.69) is 0 Å². The van der Waals surface area contributed by atoms with Crippen molar-refractivity contribution in [1.82, 2.24) is 8.61 Å². The molecular weight excluding hydrogens is 284 g/mol. The fourth-order valence-electron chi connectivity index (χ4n) is 2.73. The highest BCUT2D eigenvalue weighted by molar-refractivity contribution is 7.86. The number of nitrogens with zero attached hydrogens (tertiary/aromatic N) is 2. The number of hydrogen-bond donors (Lipinski definition) is 0. The first-order valence-corrected chi connectivity index (χ1v) is 8.79. The highest BCUT2D eigenvalue weighted by atomic mass is 32.2. The molecule has 2 aliphatic heterocycles. The van der Waals surface area contributed by atoms with Crippen LogP contribution in [0.15, 0.2) is 11.4 Å². The van der Waals surface area contributed by atoms with Crippen molar-refractivity contribution in [2.45, 2.75) is 19.4 Å². The number of fused-ring (bicyclic) bond motifs is 1. The number of rotatable bonds is 2. The fourth-order valence-corrected chi connectivity index (χ4v) is 5.43. The zero-order valence-electron chi connectivity index (χ0n) is 10.9. The van der Waals surface area contributed by atoms with Crippen LogP contribution in [0.5, 0.6) is 0 Å². The third kappa shape index (κ3) is 2.34. The van der Waals surface area contributed by atoms with Gasteiger partial charge in [-0.05, 0) is 30.4 Å². The van der Waals surface area contributed by atoms with Crippen LogP contribution in [-0.4, -0.2) is 49.9 Å². The predicted molar refractivity (Wildman–Crippen MR) is 74.5 cm³/mol. The van der Waals surface area contributed by atoms with E-state index in [1.54, 1.807) is 19.9 Å². The van der Waals surface area contributed by atoms with Crippen molar-refractivity contribution in [2.75, 3.05) is 32.8 Å². The molecule has 3 heterocycles. The topological polar surface area (TPSA) is 49.9 Å². The minimum absolute atomic E-state index is 0.0668. The minimum Gasteiger partial charge on any atom is -0.379 e. The Hall–Kier alpha value is -0.470. The summed E-state index contributed by atoms with van der Waals surface area (Å²) in [5, 5.41) is 2.05. The van der Waals surface area contributed by atoms with Crippen LogP contribution >= 0.6 is 11.3 Å². The van der Waals surface area contributed by atoms with E-state index in [1.807, 2.05) is 18.4 Å². The standard InChI is InChI=1S/C12H18N2O3S2/c1-10-11-3-9-18-12(11)2-4-14(10)19(15,16)13-5-7-17-8-6-13/h3,9-10H,2,4-8H2,1H3/t10-/m0/s1. The van der Waals surface area contributed by atoms with Gasteiger partial charge in [-0.3, -0.25) is 0 Å². The van der Waals surface area contributed by atoms with E-state index >= 15 is 0 Å². The molecule has 19 heavy (non-hydrogen) atoms. The number of hydrogen-bond acceptors (Lipinski definition) is 4. The van der Waals surface area contributed by atoms with Crippen molar-refractivity contribution in [1.29, 1.82) is 0 Å². The summed E-state index contributed by atoms with van der Waals surface area (Å²) in [6, 6.07) is 1.98. The van der Waals surface area contributed by atoms with Crippen molar-refractivity contribution in [3.05, 3.63) is 21.9 Å². The molecule has 0 bridgehead atoms. The molecule has 0 N–H and O–H groups in total. The van der Waals surface area contributed by atoms with Gasteiger partial charge >= 0.3 is 0 Å². The lowest BCUT2D eigenvalue weighted by Crippen LogP contribution is -2.50. The maximum atomic E-state index is 12.7. The average molecular weight is 302 g/mol. The Balaban J connectivity index is 1.86. The number of ether oxygens (including phenoxy) is 1. The minimum atomic E-state index is -3.36. The van der Waals surface area contributed by atoms with Crippen molar-refractivity contribution in [3.63, 3.8) is 0 Å². The molecule has 0 aromatic carbocycles. The van der Waals surface area contributed by atoms with Crippen LogP contribution in [0.3, 0.4) is 0 Å². The molecule has 0 unspecified atom stereocenters. The van der Waals surface area contributed by atoms with Crippen LogP contribution in [0.25, 0.3) is 0 Å². The van der Waals surface area contributed by atoms with E-state index in [4.69, 9.17) is 4.74 Å². The van der Waals surface area contributed by atoms with Gasteiger partial charge in [-0.1, -0.05) is 0 Å². The van der Waals surface area contributed by atoms with Gasteiger partial charge in [0.15, 0.2) is 0 Å². The van der Waals surface area contributed by atoms with Gasteiger partial charge in [0.1, 0.15) is 0 Å². The quantitative estimate of drug-likeness (QED) is 0.826. The van der Waals surface area contributed by atoms with Crippen LogP contribution in [0.4, 0.5) is 0 Å². The van der Waals surface area contributed by atoms with E-state index in [0.717, 1.165) is 12.0 Å². The Kier molecular flexibility index (Phi) is 3.65. The summed E-state index contributed by atoms with van der Waals surface area (Å²) in [4.78, 5) is 1.32. The van der Waals surface area contributed by atoms with E-state index < -0.39 is 10.2 Å². The van der Waals surface area contributed by atoms with Crippen LogP contribution in [-0.2, 0) is 21.4 Å². The monoisotopic (exact) mass is 302 g/mol. The van der Waals surface area contributed by atoms with Crippen LogP contribution in [0.1, 0.15) is 23.4 Å². The molecule has 1 fully saturated rings. The van der Waals surface area contributed by atoms with Crippen molar-refractivity contribution in [3.8, 4) is 0 Å². The van der Waals surface area contributed by atoms with Gasteiger partial charge in [0.2, 0.25) is 0 Å². The smallest absolute Gasteiger partial charge is 0.282 e. The fraction of sp³-hybridized carbons (Fsp3) is 0.667. The Bertz CT molecular complexity index is 549. The second-order valence-corrected chi connectivity index (χ2v) is 7.74. The highest BCUT2D eigenvalue weighted by Gasteiger charge is 2.37. The lowest BCUT2D eigenvalue weighted by Gasteiger charge is -2.37. The first kappa shape index (κ1) is 13.5. The summed E-state index contributed by atoms with van der Waals surface area (Å²) in [6.07, 6.45) is 0.820. The second kappa shape index (κ2) is 5.14. The second-order valence-electron chi connectivity index (χ2n) is 4.86. The lowest BCUT2D eigenvalue weighted by atomic mass is 10.0. The molecule has 3 rings (SSSR count). The third-order valence-electron chi connectivity index (χ3n) is 3.81. The van der Waals surface area contributed by atoms with Crippen LogP contribution < -0.4 is 0 Å². The zero-order valence-corrected chi connectivity index (χ0v) is 12.5. The van der Waals surface area contributed by atoms with E-state index in [9.17, 15) is 8.42 Å². The molecule has 7 heteroatoms. The summed E-state index contributed by atoms with van der Waals surface area (Å²) in [7, 11) is -3.36. The van der Waals surface area contributed by atoms with Gasteiger partial charge in [0, 0.05) is 30.6 Å². The summed E-state index contributed by atoms with van der Waals surface area (Å²) < 4.78 is 33.8. The molecule has 0 aliphatic carbocycles. The first-order valence-electron chi connectivity index (χ1n) is 6.51. The molecule has 0 radical (unpaired) electrons. The molecule has 0 amide bonds. The van der Waals surface area contributed by atoms with Crippen LogP contribution in [0.2, 0.25) is 0 Å². The van der Waals surface area contributed by atoms with Crippen molar-refractivity contribution >= 4 is 21.5 Å². The van der Waals surface area contributed by atoms with Gasteiger partial charge < -0.3 is 4.74 Å². The third-order valence-corrected chi connectivity index (χ3v) is 6.92. The first-order chi connectivity index (χ1) is 9.10. The maximum Gasteiger partial charge on any atom is 0.282 e. The Morgan fingerprint density at radius 3 is 2.79 bits per heavy atom. The molecule has 1 aromatic rings. The molecule has 1 saturated heterocycles. The van der Waals surface area contributed by atoms with Gasteiger partial charge in [-0.25, -0.2) is 0 Å². The van der Waals surface area contributed by atoms with E-state index in [-0.39, 0.29) is 6.04 Å². The molecule has 1 aromatic heterocycles. The van der Waals surface area contributed by atoms with Crippen molar-refractivity contribution in [2.24, 2.45) is 0 Å². The van der Waals surface area contributed by atoms with Gasteiger partial charge in [0.25, 0.3) is 10.2 Å². The van der Waals surface area contributed by atoms with Crippen LogP contribution in [0, 0.1) is 0 Å². The summed E-state index contributed by atoms with van der Waals surface area (Å²) in [5.74, 6) is 0. The molecule has 2 aliphatic rings. The van der Waals surface area contributed by atoms with Gasteiger partial charge in [-0.15, -0.1) is 11.3 Å². The molecule has 106 valence electrons. The predicted octanol–water partition coefficient (Wildman–Crippen LogP) is 1.24. The highest BCUT2D eigenvalue weighted by Crippen LogP contribution is 2.35. The molecule has 1 atom stereocenters. The average Bonchev–Trinajstić information content (AvgIpc) is 2.89. The molecule has 5 nitrogen and oxygen atoms in total. The zero-order chi connectivity index (χ0) is 13.5. The van der Waals surface area contributed by atoms with Gasteiger partial charge in [-0.2, -0.15) is 17.0 Å². The maximum absolute atomic E-state index is 12.7. The summed E-state index contributed by atoms with van der Waals surface area (Å²) in [6.45, 7) is 4.46.